The summed E-state index contributed by atoms with van der Waals surface area (Å²) in [5, 5.41) is 10.6. The molecule has 0 heterocycles. The number of esters is 4. The topological polar surface area (TPSA) is 237 Å². The van der Waals surface area contributed by atoms with Crippen molar-refractivity contribution in [2.75, 3.05) is 39.6 Å². The van der Waals surface area contributed by atoms with E-state index in [1.807, 2.05) is 0 Å². The van der Waals surface area contributed by atoms with Gasteiger partial charge in [0.15, 0.2) is 12.2 Å². The molecule has 19 heteroatoms. The molecule has 0 fully saturated rings. The number of phosphoric ester groups is 2. The first kappa shape index (κ1) is 95.1. The van der Waals surface area contributed by atoms with Crippen LogP contribution in [0.5, 0.6) is 0 Å². The van der Waals surface area contributed by atoms with Crippen LogP contribution in [0.3, 0.4) is 0 Å². The molecule has 3 N–H and O–H groups in total. The molecule has 0 radical (unpaired) electrons. The summed E-state index contributed by atoms with van der Waals surface area (Å²) >= 11 is 0. The van der Waals surface area contributed by atoms with Crippen LogP contribution in [0, 0.1) is 11.8 Å². The number of carbonyl (C=O) groups excluding carboxylic acids is 4. The molecule has 97 heavy (non-hydrogen) atoms. The van der Waals surface area contributed by atoms with Crippen molar-refractivity contribution < 1.29 is 80.2 Å². The number of carbonyl (C=O) groups is 4. The van der Waals surface area contributed by atoms with E-state index in [9.17, 15) is 43.2 Å². The van der Waals surface area contributed by atoms with E-state index >= 15 is 0 Å². The highest BCUT2D eigenvalue weighted by Gasteiger charge is 2.30. The van der Waals surface area contributed by atoms with Gasteiger partial charge in [0.1, 0.15) is 19.3 Å². The van der Waals surface area contributed by atoms with Crippen LogP contribution in [0.1, 0.15) is 408 Å². The van der Waals surface area contributed by atoms with E-state index < -0.39 is 97.5 Å². The second-order valence-electron chi connectivity index (χ2n) is 29.1. The molecular formula is C78H152O17P2. The maximum Gasteiger partial charge on any atom is 0.472 e. The first-order chi connectivity index (χ1) is 46.9. The molecule has 0 amide bonds. The van der Waals surface area contributed by atoms with Crippen molar-refractivity contribution in [3.63, 3.8) is 0 Å². The van der Waals surface area contributed by atoms with Crippen molar-refractivity contribution in [3.8, 4) is 0 Å². The number of hydrogen-bond donors (Lipinski definition) is 3. The first-order valence-corrected chi connectivity index (χ1v) is 43.5. The highest BCUT2D eigenvalue weighted by atomic mass is 31.2. The van der Waals surface area contributed by atoms with Gasteiger partial charge in [-0.15, -0.1) is 0 Å². The lowest BCUT2D eigenvalue weighted by Crippen LogP contribution is -2.30. The summed E-state index contributed by atoms with van der Waals surface area (Å²) < 4.78 is 68.6. The first-order valence-electron chi connectivity index (χ1n) is 40.5. The number of rotatable bonds is 77. The Bertz CT molecular complexity index is 1870. The van der Waals surface area contributed by atoms with Gasteiger partial charge in [0.2, 0.25) is 0 Å². The van der Waals surface area contributed by atoms with Crippen molar-refractivity contribution in [3.05, 3.63) is 0 Å². The van der Waals surface area contributed by atoms with Crippen LogP contribution >= 0.6 is 15.6 Å². The molecule has 0 aliphatic rings. The maximum absolute atomic E-state index is 13.1. The van der Waals surface area contributed by atoms with Crippen molar-refractivity contribution >= 4 is 39.5 Å². The molecule has 5 atom stereocenters. The minimum absolute atomic E-state index is 0.107. The lowest BCUT2D eigenvalue weighted by atomic mass is 10.0. The van der Waals surface area contributed by atoms with Crippen LogP contribution in [-0.4, -0.2) is 96.7 Å². The molecule has 0 aliphatic heterocycles. The fourth-order valence-electron chi connectivity index (χ4n) is 12.0. The van der Waals surface area contributed by atoms with Gasteiger partial charge < -0.3 is 33.8 Å². The largest absolute Gasteiger partial charge is 0.472 e. The summed E-state index contributed by atoms with van der Waals surface area (Å²) in [6.07, 6.45) is 58.4. The summed E-state index contributed by atoms with van der Waals surface area (Å²) in [5.74, 6) is -0.643. The van der Waals surface area contributed by atoms with Crippen LogP contribution in [0.4, 0.5) is 0 Å². The molecule has 0 aliphatic carbocycles. The molecule has 576 valence electrons. The molecule has 0 saturated heterocycles. The van der Waals surface area contributed by atoms with Crippen LogP contribution in [0.15, 0.2) is 0 Å². The van der Waals surface area contributed by atoms with Gasteiger partial charge in [-0.2, -0.15) is 0 Å². The standard InChI is InChI=1S/C78H152O17P2/c1-7-9-11-13-15-17-19-21-22-23-24-25-26-30-35-39-43-51-57-63-77(82)94-73(66-88-75(80)60-54-48-41-37-33-31-27-29-32-36-40-46-52-58-70(3)4)68-92-96(84,85)90-64-72(79)65-91-97(86,87)93-69-74(67-89-76(81)61-55-49-45-44-47-53-59-71(5)6)95-78(83)62-56-50-42-38-34-28-20-18-16-14-12-10-8-2/h70-74,79H,7-69H2,1-6H3,(H,84,85)(H,86,87)/t72-,73-,74-/m1/s1. The molecule has 0 rings (SSSR count). The summed E-state index contributed by atoms with van der Waals surface area (Å²) in [7, 11) is -9.91. The Morgan fingerprint density at radius 3 is 0.701 bits per heavy atom. The SMILES string of the molecule is CCCCCCCCCCCCCCCCCCCCCC(=O)O[C@H](COC(=O)CCCCCCCCCCCCCCCC(C)C)COP(=O)(O)OC[C@@H](O)COP(=O)(O)OC[C@@H](COC(=O)CCCCCCCCC(C)C)OC(=O)CCCCCCCCCCCCCCC. The van der Waals surface area contributed by atoms with E-state index in [2.05, 4.69) is 41.5 Å². The molecular weight excluding hydrogens is 1270 g/mol. The zero-order valence-electron chi connectivity index (χ0n) is 63.4. The van der Waals surface area contributed by atoms with E-state index in [0.717, 1.165) is 102 Å². The van der Waals surface area contributed by atoms with Gasteiger partial charge in [-0.05, 0) is 37.5 Å². The van der Waals surface area contributed by atoms with Crippen molar-refractivity contribution in [2.45, 2.75) is 426 Å². The molecule has 0 aromatic carbocycles. The number of hydrogen-bond acceptors (Lipinski definition) is 15. The third-order valence-corrected chi connectivity index (χ3v) is 20.1. The lowest BCUT2D eigenvalue weighted by molar-refractivity contribution is -0.161. The Kier molecular flexibility index (Phi) is 68.4. The Balaban J connectivity index is 5.22. The maximum atomic E-state index is 13.1. The number of unbranched alkanes of at least 4 members (excludes halogenated alkanes) is 47. The normalized spacial score (nSPS) is 14.0. The van der Waals surface area contributed by atoms with Crippen molar-refractivity contribution in [1.82, 2.24) is 0 Å². The van der Waals surface area contributed by atoms with Gasteiger partial charge in [-0.1, -0.05) is 356 Å². The second kappa shape index (κ2) is 69.8. The third kappa shape index (κ3) is 72.2. The predicted molar refractivity (Wildman–Crippen MR) is 395 cm³/mol. The fraction of sp³-hybridized carbons (Fsp3) is 0.949. The molecule has 0 aromatic rings. The molecule has 2 unspecified atom stereocenters. The smallest absolute Gasteiger partial charge is 0.462 e. The molecule has 17 nitrogen and oxygen atoms in total. The Morgan fingerprint density at radius 2 is 0.474 bits per heavy atom. The lowest BCUT2D eigenvalue weighted by Gasteiger charge is -2.21. The monoisotopic (exact) mass is 1420 g/mol. The minimum Gasteiger partial charge on any atom is -0.462 e. The fourth-order valence-corrected chi connectivity index (χ4v) is 13.6. The summed E-state index contributed by atoms with van der Waals surface area (Å²) in [5.41, 5.74) is 0. The summed E-state index contributed by atoms with van der Waals surface area (Å²) in [4.78, 5) is 72.9. The van der Waals surface area contributed by atoms with Crippen molar-refractivity contribution in [2.24, 2.45) is 11.8 Å². The zero-order chi connectivity index (χ0) is 71.4. The molecule has 0 spiro atoms. The Labute approximate surface area is 594 Å². The van der Waals surface area contributed by atoms with E-state index in [1.54, 1.807) is 0 Å². The number of aliphatic hydroxyl groups is 1. The van der Waals surface area contributed by atoms with E-state index in [4.69, 9.17) is 37.0 Å². The van der Waals surface area contributed by atoms with Gasteiger partial charge in [0.05, 0.1) is 26.4 Å². The number of aliphatic hydroxyl groups excluding tert-OH is 1. The van der Waals surface area contributed by atoms with E-state index in [1.165, 1.54) is 218 Å². The zero-order valence-corrected chi connectivity index (χ0v) is 65.2. The van der Waals surface area contributed by atoms with Gasteiger partial charge in [-0.3, -0.25) is 37.3 Å². The van der Waals surface area contributed by atoms with Crippen LogP contribution in [0.2, 0.25) is 0 Å². The molecule has 0 saturated carbocycles. The summed E-state index contributed by atoms with van der Waals surface area (Å²) in [6.45, 7) is 9.55. The average molecular weight is 1420 g/mol. The number of ether oxygens (including phenoxy) is 4. The third-order valence-electron chi connectivity index (χ3n) is 18.2. The number of phosphoric acid groups is 2. The van der Waals surface area contributed by atoms with Gasteiger partial charge in [0, 0.05) is 25.7 Å². The van der Waals surface area contributed by atoms with Crippen molar-refractivity contribution in [1.29, 1.82) is 0 Å². The van der Waals surface area contributed by atoms with Crippen LogP contribution in [0.25, 0.3) is 0 Å². The van der Waals surface area contributed by atoms with E-state index in [-0.39, 0.29) is 25.7 Å². The average Bonchev–Trinajstić information content (AvgIpc) is 1.99. The molecule has 0 bridgehead atoms. The highest BCUT2D eigenvalue weighted by molar-refractivity contribution is 7.47. The van der Waals surface area contributed by atoms with E-state index in [0.29, 0.717) is 31.6 Å². The van der Waals surface area contributed by atoms with Gasteiger partial charge in [-0.25, -0.2) is 9.13 Å². The Hall–Kier alpha value is -1.94. The molecule has 0 aromatic heterocycles. The second-order valence-corrected chi connectivity index (χ2v) is 32.0. The van der Waals surface area contributed by atoms with Crippen LogP contribution in [-0.2, 0) is 65.4 Å². The Morgan fingerprint density at radius 1 is 0.278 bits per heavy atom. The van der Waals surface area contributed by atoms with Crippen LogP contribution < -0.4 is 0 Å². The predicted octanol–water partition coefficient (Wildman–Crippen LogP) is 23.1. The minimum atomic E-state index is -4.96. The summed E-state index contributed by atoms with van der Waals surface area (Å²) in [6, 6.07) is 0. The van der Waals surface area contributed by atoms with Gasteiger partial charge >= 0.3 is 39.5 Å². The highest BCUT2D eigenvalue weighted by Crippen LogP contribution is 2.45. The van der Waals surface area contributed by atoms with Gasteiger partial charge in [0.25, 0.3) is 0 Å². The quantitative estimate of drug-likeness (QED) is 0.0222.